The van der Waals surface area contributed by atoms with E-state index in [1.54, 1.807) is 0 Å². The number of hydrogen-bond donors (Lipinski definition) is 1. The number of aromatic nitrogens is 1. The Labute approximate surface area is 113 Å². The molecule has 0 saturated carbocycles. The molecule has 0 unspecified atom stereocenters. The van der Waals surface area contributed by atoms with E-state index in [0.29, 0.717) is 5.75 Å². The van der Waals surface area contributed by atoms with E-state index in [4.69, 9.17) is 19.1 Å². The Balaban J connectivity index is 2.21. The number of benzene rings is 1. The molecule has 0 bridgehead atoms. The van der Waals surface area contributed by atoms with Crippen LogP contribution in [0.3, 0.4) is 0 Å². The number of carboxylic acid groups (broad SMARTS) is 1. The summed E-state index contributed by atoms with van der Waals surface area (Å²) in [5.41, 5.74) is -0.344. The highest BCUT2D eigenvalue weighted by Crippen LogP contribution is 2.45. The predicted octanol–water partition coefficient (Wildman–Crippen LogP) is 2.67. The summed E-state index contributed by atoms with van der Waals surface area (Å²) in [6.07, 6.45) is 0. The molecular formula is C11H5BrFNO5. The lowest BCUT2D eigenvalue weighted by Crippen LogP contribution is -1.95. The zero-order valence-corrected chi connectivity index (χ0v) is 10.7. The van der Waals surface area contributed by atoms with Crippen molar-refractivity contribution in [1.82, 2.24) is 5.16 Å². The molecule has 1 aliphatic heterocycles. The molecule has 1 aliphatic rings. The van der Waals surface area contributed by atoms with Crippen molar-refractivity contribution in [1.29, 1.82) is 0 Å². The van der Waals surface area contributed by atoms with Crippen molar-refractivity contribution in [3.8, 4) is 22.8 Å². The molecule has 6 nitrogen and oxygen atoms in total. The van der Waals surface area contributed by atoms with E-state index in [-0.39, 0.29) is 34.0 Å². The van der Waals surface area contributed by atoms with Crippen LogP contribution in [0.25, 0.3) is 11.3 Å². The van der Waals surface area contributed by atoms with E-state index in [1.165, 1.54) is 6.07 Å². The van der Waals surface area contributed by atoms with Crippen LogP contribution >= 0.6 is 15.9 Å². The molecule has 0 radical (unpaired) electrons. The summed E-state index contributed by atoms with van der Waals surface area (Å²) in [7, 11) is 0. The summed E-state index contributed by atoms with van der Waals surface area (Å²) in [5, 5.41) is 12.1. The molecule has 0 amide bonds. The normalized spacial score (nSPS) is 12.7. The summed E-state index contributed by atoms with van der Waals surface area (Å²) in [5.74, 6) is -1.44. The number of rotatable bonds is 2. The summed E-state index contributed by atoms with van der Waals surface area (Å²) in [4.78, 5) is 10.7. The van der Waals surface area contributed by atoms with Gasteiger partial charge in [0.1, 0.15) is 5.56 Å². The van der Waals surface area contributed by atoms with E-state index in [1.807, 2.05) is 0 Å². The molecule has 8 heteroatoms. The van der Waals surface area contributed by atoms with Crippen LogP contribution in [0.5, 0.6) is 11.5 Å². The number of carbonyl (C=O) groups is 1. The second kappa shape index (κ2) is 4.23. The molecule has 1 aromatic carbocycles. The minimum atomic E-state index is -1.26. The Kier molecular flexibility index (Phi) is 2.67. The number of nitrogens with zero attached hydrogens (tertiary/aromatic N) is 1. The second-order valence-corrected chi connectivity index (χ2v) is 4.52. The maximum absolute atomic E-state index is 14.1. The van der Waals surface area contributed by atoms with Gasteiger partial charge in [-0.25, -0.2) is 9.18 Å². The average Bonchev–Trinajstić information content (AvgIpc) is 2.99. The van der Waals surface area contributed by atoms with Gasteiger partial charge in [0.15, 0.2) is 28.8 Å². The summed E-state index contributed by atoms with van der Waals surface area (Å²) < 4.78 is 29.5. The van der Waals surface area contributed by atoms with Crippen molar-refractivity contribution in [3.05, 3.63) is 28.1 Å². The van der Waals surface area contributed by atoms with E-state index in [2.05, 4.69) is 21.1 Å². The number of hydrogen-bond acceptors (Lipinski definition) is 5. The molecule has 1 N–H and O–H groups in total. The zero-order valence-electron chi connectivity index (χ0n) is 9.15. The van der Waals surface area contributed by atoms with Crippen molar-refractivity contribution >= 4 is 21.9 Å². The molecule has 19 heavy (non-hydrogen) atoms. The number of fused-ring (bicyclic) bond motifs is 1. The Morgan fingerprint density at radius 3 is 2.89 bits per heavy atom. The van der Waals surface area contributed by atoms with Crippen LogP contribution < -0.4 is 9.47 Å². The van der Waals surface area contributed by atoms with E-state index < -0.39 is 11.8 Å². The van der Waals surface area contributed by atoms with E-state index >= 15 is 0 Å². The second-order valence-electron chi connectivity index (χ2n) is 3.66. The molecule has 2 heterocycles. The van der Waals surface area contributed by atoms with Gasteiger partial charge in [-0.3, -0.25) is 0 Å². The first-order chi connectivity index (χ1) is 9.08. The van der Waals surface area contributed by atoms with Crippen LogP contribution in [0.15, 0.2) is 21.1 Å². The van der Waals surface area contributed by atoms with Gasteiger partial charge in [0.2, 0.25) is 6.79 Å². The Hall–Kier alpha value is -2.09. The Morgan fingerprint density at radius 1 is 1.42 bits per heavy atom. The molecule has 0 atom stereocenters. The fraction of sp³-hybridized carbons (Fsp3) is 0.0909. The van der Waals surface area contributed by atoms with Gasteiger partial charge in [0, 0.05) is 12.1 Å². The van der Waals surface area contributed by atoms with Crippen molar-refractivity contribution in [2.75, 3.05) is 6.79 Å². The predicted molar refractivity (Wildman–Crippen MR) is 62.7 cm³/mol. The third-order valence-corrected chi connectivity index (χ3v) is 3.11. The molecule has 0 spiro atoms. The lowest BCUT2D eigenvalue weighted by molar-refractivity contribution is 0.0686. The minimum absolute atomic E-state index is 0.0260. The van der Waals surface area contributed by atoms with Crippen molar-refractivity contribution < 1.29 is 28.3 Å². The smallest absolute Gasteiger partial charge is 0.358 e. The van der Waals surface area contributed by atoms with Crippen LogP contribution in [0.1, 0.15) is 10.5 Å². The van der Waals surface area contributed by atoms with Gasteiger partial charge in [0.05, 0.1) is 4.47 Å². The fourth-order valence-corrected chi connectivity index (χ4v) is 2.11. The highest BCUT2D eigenvalue weighted by molar-refractivity contribution is 9.10. The van der Waals surface area contributed by atoms with E-state index in [9.17, 15) is 9.18 Å². The standard InChI is InChI=1S/C11H5BrFNO5/c12-4-1-7-10(18-3-17-7)8(9(4)13)6-2-5(11(15)16)14-19-6/h1-2H,3H2,(H,15,16). The van der Waals surface area contributed by atoms with Crippen LogP contribution in [0.2, 0.25) is 0 Å². The molecule has 0 fully saturated rings. The lowest BCUT2D eigenvalue weighted by Gasteiger charge is -2.05. The summed E-state index contributed by atoms with van der Waals surface area (Å²) in [6, 6.07) is 2.55. The van der Waals surface area contributed by atoms with Gasteiger partial charge in [-0.05, 0) is 15.9 Å². The number of halogens is 2. The maximum atomic E-state index is 14.1. The van der Waals surface area contributed by atoms with Crippen molar-refractivity contribution in [2.45, 2.75) is 0 Å². The highest BCUT2D eigenvalue weighted by atomic mass is 79.9. The first-order valence-corrected chi connectivity index (χ1v) is 5.85. The SMILES string of the molecule is O=C(O)c1cc(-c2c(F)c(Br)cc3c2OCO3)on1. The zero-order chi connectivity index (χ0) is 13.6. The maximum Gasteiger partial charge on any atom is 0.358 e. The van der Waals surface area contributed by atoms with Gasteiger partial charge in [-0.2, -0.15) is 0 Å². The van der Waals surface area contributed by atoms with Crippen LogP contribution in [-0.2, 0) is 0 Å². The Morgan fingerprint density at radius 2 is 2.21 bits per heavy atom. The molecule has 1 aromatic heterocycles. The minimum Gasteiger partial charge on any atom is -0.476 e. The molecule has 98 valence electrons. The first-order valence-electron chi connectivity index (χ1n) is 5.06. The first kappa shape index (κ1) is 12.0. The van der Waals surface area contributed by atoms with Crippen LogP contribution in [-0.4, -0.2) is 23.0 Å². The van der Waals surface area contributed by atoms with Gasteiger partial charge >= 0.3 is 5.97 Å². The molecule has 2 aromatic rings. The molecule has 0 aliphatic carbocycles. The topological polar surface area (TPSA) is 81.8 Å². The third kappa shape index (κ3) is 1.84. The Bertz CT molecular complexity index is 684. The molecule has 3 rings (SSSR count). The third-order valence-electron chi connectivity index (χ3n) is 2.53. The van der Waals surface area contributed by atoms with Gasteiger partial charge < -0.3 is 19.1 Å². The monoisotopic (exact) mass is 329 g/mol. The highest BCUT2D eigenvalue weighted by Gasteiger charge is 2.28. The number of carboxylic acids is 1. The van der Waals surface area contributed by atoms with E-state index in [0.717, 1.165) is 6.07 Å². The van der Waals surface area contributed by atoms with Gasteiger partial charge in [-0.15, -0.1) is 0 Å². The fourth-order valence-electron chi connectivity index (χ4n) is 1.70. The quantitative estimate of drug-likeness (QED) is 0.912. The van der Waals surface area contributed by atoms with Crippen molar-refractivity contribution in [3.63, 3.8) is 0 Å². The lowest BCUT2D eigenvalue weighted by atomic mass is 10.1. The summed E-state index contributed by atoms with van der Waals surface area (Å²) >= 11 is 3.04. The van der Waals surface area contributed by atoms with Gasteiger partial charge in [0.25, 0.3) is 0 Å². The average molecular weight is 330 g/mol. The van der Waals surface area contributed by atoms with Crippen molar-refractivity contribution in [2.24, 2.45) is 0 Å². The van der Waals surface area contributed by atoms with Gasteiger partial charge in [-0.1, -0.05) is 5.16 Å². The largest absolute Gasteiger partial charge is 0.476 e. The summed E-state index contributed by atoms with van der Waals surface area (Å²) in [6.45, 7) is -0.0435. The number of aromatic carboxylic acids is 1. The van der Waals surface area contributed by atoms with Crippen LogP contribution in [0.4, 0.5) is 4.39 Å². The molecule has 0 saturated heterocycles. The molecular weight excluding hydrogens is 325 g/mol. The number of ether oxygens (including phenoxy) is 2. The van der Waals surface area contributed by atoms with Crippen LogP contribution in [0, 0.1) is 5.82 Å².